The number of rotatable bonds is 6. The summed E-state index contributed by atoms with van der Waals surface area (Å²) < 4.78 is 0. The van der Waals surface area contributed by atoms with Crippen molar-refractivity contribution >= 4 is 57.4 Å². The summed E-state index contributed by atoms with van der Waals surface area (Å²) in [6.45, 7) is 4.79. The Morgan fingerprint density at radius 1 is 0.431 bits per heavy atom. The molecule has 0 saturated carbocycles. The summed E-state index contributed by atoms with van der Waals surface area (Å²) in [5, 5.41) is 6.49. The normalized spacial score (nSPS) is 13.2. The second kappa shape index (κ2) is 13.5. The summed E-state index contributed by atoms with van der Waals surface area (Å²) >= 11 is 0. The van der Waals surface area contributed by atoms with Crippen LogP contribution in [0.3, 0.4) is 0 Å². The first kappa shape index (κ1) is 34.2. The van der Waals surface area contributed by atoms with Crippen LogP contribution in [0, 0.1) is 0 Å². The molecular weight excluding hydrogens is 699 g/mol. The van der Waals surface area contributed by atoms with E-state index in [0.29, 0.717) is 0 Å². The van der Waals surface area contributed by atoms with Crippen molar-refractivity contribution in [2.24, 2.45) is 0 Å². The lowest BCUT2D eigenvalue weighted by Crippen LogP contribution is -2.45. The highest BCUT2D eigenvalue weighted by Gasteiger charge is 2.41. The molecule has 2 nitrogen and oxygen atoms in total. The predicted molar refractivity (Wildman–Crippen MR) is 249 cm³/mol. The molecule has 0 saturated heterocycles. The van der Waals surface area contributed by atoms with Crippen LogP contribution >= 0.6 is 0 Å². The summed E-state index contributed by atoms with van der Waals surface area (Å²) in [7, 11) is 0.842. The lowest BCUT2D eigenvalue weighted by molar-refractivity contribution is 0.633. The van der Waals surface area contributed by atoms with Crippen LogP contribution in [-0.4, -0.2) is 7.28 Å². The minimum Gasteiger partial charge on any atom is -0.355 e. The standard InChI is InChI=1S/C55H41BN2/c1-55(2)47-26-16-27-49-54(47)58(51-34-40-24-13-12-23-39(40)33-48(51)55)52-35-43(38-21-10-5-11-22-38)32-46(53(52)56-49)45-25-14-15-28-50(45)57-44-30-41(36-17-6-3-7-18-36)29-42(31-44)37-19-8-4-9-20-37/h3-35,56-57H,1-2H3. The molecule has 0 atom stereocenters. The van der Waals surface area contributed by atoms with Gasteiger partial charge in [0, 0.05) is 33.7 Å². The highest BCUT2D eigenvalue weighted by molar-refractivity contribution is 6.73. The average molecular weight is 741 g/mol. The van der Waals surface area contributed by atoms with Crippen LogP contribution in [0.2, 0.25) is 0 Å². The van der Waals surface area contributed by atoms with E-state index in [1.165, 1.54) is 94.4 Å². The lowest BCUT2D eigenvalue weighted by Gasteiger charge is -2.46. The van der Waals surface area contributed by atoms with Gasteiger partial charge in [-0.05, 0) is 115 Å². The van der Waals surface area contributed by atoms with Crippen molar-refractivity contribution < 1.29 is 0 Å². The van der Waals surface area contributed by atoms with Crippen LogP contribution < -0.4 is 21.1 Å². The fourth-order valence-electron chi connectivity index (χ4n) is 9.48. The summed E-state index contributed by atoms with van der Waals surface area (Å²) in [6, 6.07) is 73.4. The Balaban J connectivity index is 1.13. The highest BCUT2D eigenvalue weighted by atomic mass is 15.2. The quantitative estimate of drug-likeness (QED) is 0.171. The molecule has 1 N–H and O–H groups in total. The van der Waals surface area contributed by atoms with E-state index in [9.17, 15) is 0 Å². The molecule has 3 heteroatoms. The third kappa shape index (κ3) is 5.65. The molecule has 2 aliphatic heterocycles. The van der Waals surface area contributed by atoms with Crippen LogP contribution in [0.1, 0.15) is 25.0 Å². The van der Waals surface area contributed by atoms with Gasteiger partial charge in [0.1, 0.15) is 0 Å². The Hall–Kier alpha value is -7.10. The SMILES string of the molecule is CC1(C)c2cc3ccccc3cc2N2c3cc(-c4ccccc4)cc(-c4ccccc4Nc4cc(-c5ccccc5)cc(-c5ccccc5)c4)c3Bc3cccc1c32. The van der Waals surface area contributed by atoms with Crippen molar-refractivity contribution in [2.75, 3.05) is 10.2 Å². The van der Waals surface area contributed by atoms with Crippen molar-refractivity contribution in [3.8, 4) is 44.5 Å². The molecule has 58 heavy (non-hydrogen) atoms. The van der Waals surface area contributed by atoms with E-state index in [1.54, 1.807) is 0 Å². The zero-order valence-electron chi connectivity index (χ0n) is 32.7. The average Bonchev–Trinajstić information content (AvgIpc) is 3.28. The third-order valence-corrected chi connectivity index (χ3v) is 12.4. The summed E-state index contributed by atoms with van der Waals surface area (Å²) in [5.74, 6) is 0. The second-order valence-electron chi connectivity index (χ2n) is 16.3. The van der Waals surface area contributed by atoms with Gasteiger partial charge in [-0.25, -0.2) is 0 Å². The molecule has 11 rings (SSSR count). The van der Waals surface area contributed by atoms with E-state index in [2.05, 4.69) is 224 Å². The number of nitrogens with one attached hydrogen (secondary N) is 1. The minimum atomic E-state index is -0.165. The molecule has 0 fully saturated rings. The topological polar surface area (TPSA) is 15.3 Å². The Morgan fingerprint density at radius 3 is 1.66 bits per heavy atom. The van der Waals surface area contributed by atoms with Crippen LogP contribution in [0.5, 0.6) is 0 Å². The van der Waals surface area contributed by atoms with Crippen molar-refractivity contribution in [1.82, 2.24) is 0 Å². The molecule has 0 amide bonds. The van der Waals surface area contributed by atoms with Crippen LogP contribution in [-0.2, 0) is 5.41 Å². The van der Waals surface area contributed by atoms with Gasteiger partial charge >= 0.3 is 0 Å². The van der Waals surface area contributed by atoms with Gasteiger partial charge in [0.15, 0.2) is 7.28 Å². The maximum Gasteiger partial charge on any atom is 0.198 e. The molecule has 0 aliphatic carbocycles. The second-order valence-corrected chi connectivity index (χ2v) is 16.3. The fraction of sp³-hybridized carbons (Fsp3) is 0.0545. The highest BCUT2D eigenvalue weighted by Crippen LogP contribution is 2.53. The van der Waals surface area contributed by atoms with Crippen LogP contribution in [0.25, 0.3) is 55.3 Å². The summed E-state index contributed by atoms with van der Waals surface area (Å²) in [4.78, 5) is 2.60. The number of benzene rings is 9. The number of hydrogen-bond acceptors (Lipinski definition) is 2. The van der Waals surface area contributed by atoms with Gasteiger partial charge in [0.2, 0.25) is 0 Å². The van der Waals surface area contributed by atoms with E-state index >= 15 is 0 Å². The number of hydrogen-bond donors (Lipinski definition) is 1. The molecule has 9 aromatic rings. The maximum atomic E-state index is 3.95. The van der Waals surface area contributed by atoms with E-state index in [0.717, 1.165) is 18.7 Å². The lowest BCUT2D eigenvalue weighted by atomic mass is 9.55. The Morgan fingerprint density at radius 2 is 1.00 bits per heavy atom. The van der Waals surface area contributed by atoms with Gasteiger partial charge < -0.3 is 10.2 Å². The molecular formula is C55H41BN2. The van der Waals surface area contributed by atoms with Gasteiger partial charge in [-0.1, -0.05) is 171 Å². The molecule has 2 heterocycles. The first-order chi connectivity index (χ1) is 28.5. The molecule has 0 aromatic heterocycles. The summed E-state index contributed by atoms with van der Waals surface area (Å²) in [5.41, 5.74) is 20.8. The number of fused-ring (bicyclic) bond motifs is 5. The van der Waals surface area contributed by atoms with Gasteiger partial charge in [0.25, 0.3) is 0 Å². The zero-order chi connectivity index (χ0) is 38.8. The largest absolute Gasteiger partial charge is 0.355 e. The van der Waals surface area contributed by atoms with E-state index < -0.39 is 0 Å². The van der Waals surface area contributed by atoms with Gasteiger partial charge in [-0.15, -0.1) is 0 Å². The van der Waals surface area contributed by atoms with Gasteiger partial charge in [-0.2, -0.15) is 0 Å². The number of anilines is 5. The first-order valence-electron chi connectivity index (χ1n) is 20.3. The van der Waals surface area contributed by atoms with Crippen molar-refractivity contribution in [3.05, 3.63) is 211 Å². The number of nitrogens with zero attached hydrogens (tertiary/aromatic N) is 1. The predicted octanol–water partition coefficient (Wildman–Crippen LogP) is 13.1. The van der Waals surface area contributed by atoms with Crippen molar-refractivity contribution in [1.29, 1.82) is 0 Å². The monoisotopic (exact) mass is 740 g/mol. The molecule has 274 valence electrons. The first-order valence-corrected chi connectivity index (χ1v) is 20.3. The van der Waals surface area contributed by atoms with Crippen LogP contribution in [0.15, 0.2) is 200 Å². The van der Waals surface area contributed by atoms with E-state index in [1.807, 2.05) is 0 Å². The van der Waals surface area contributed by atoms with Crippen LogP contribution in [0.4, 0.5) is 28.4 Å². The maximum absolute atomic E-state index is 3.95. The van der Waals surface area contributed by atoms with Gasteiger partial charge in [0.05, 0.1) is 5.69 Å². The molecule has 0 bridgehead atoms. The molecule has 0 spiro atoms. The van der Waals surface area contributed by atoms with Crippen molar-refractivity contribution in [2.45, 2.75) is 19.3 Å². The molecule has 0 unspecified atom stereocenters. The summed E-state index contributed by atoms with van der Waals surface area (Å²) in [6.07, 6.45) is 0. The molecule has 0 radical (unpaired) electrons. The Labute approximate surface area is 341 Å². The third-order valence-electron chi connectivity index (χ3n) is 12.4. The Bertz CT molecular complexity index is 2970. The minimum absolute atomic E-state index is 0.165. The number of para-hydroxylation sites is 2. The van der Waals surface area contributed by atoms with Gasteiger partial charge in [-0.3, -0.25) is 0 Å². The van der Waals surface area contributed by atoms with E-state index in [-0.39, 0.29) is 5.41 Å². The smallest absolute Gasteiger partial charge is 0.198 e. The van der Waals surface area contributed by atoms with E-state index in [4.69, 9.17) is 0 Å². The fourth-order valence-corrected chi connectivity index (χ4v) is 9.48. The molecule has 2 aliphatic rings. The molecule has 9 aromatic carbocycles. The zero-order valence-corrected chi connectivity index (χ0v) is 32.7. The Kier molecular flexibility index (Phi) is 7.98. The van der Waals surface area contributed by atoms with Crippen molar-refractivity contribution in [3.63, 3.8) is 0 Å².